The predicted molar refractivity (Wildman–Crippen MR) is 95.4 cm³/mol. The number of nitrogens with zero attached hydrogens (tertiary/aromatic N) is 1. The number of esters is 1. The van der Waals surface area contributed by atoms with Crippen LogP contribution in [0.3, 0.4) is 0 Å². The van der Waals surface area contributed by atoms with Crippen molar-refractivity contribution in [1.82, 2.24) is 0 Å². The molecule has 0 aromatic heterocycles. The first-order chi connectivity index (χ1) is 12.0. The summed E-state index contributed by atoms with van der Waals surface area (Å²) in [6.07, 6.45) is -0.869. The summed E-state index contributed by atoms with van der Waals surface area (Å²) in [4.78, 5) is 26.3. The molecule has 2 aromatic carbocycles. The number of rotatable bonds is 3. The summed E-state index contributed by atoms with van der Waals surface area (Å²) in [6.45, 7) is 0.0601. The van der Waals surface area contributed by atoms with E-state index in [1.807, 2.05) is 0 Å². The summed E-state index contributed by atoms with van der Waals surface area (Å²) < 4.78 is 10.4. The van der Waals surface area contributed by atoms with Crippen LogP contribution >= 0.6 is 23.2 Å². The zero-order valence-electron chi connectivity index (χ0n) is 13.4. The zero-order chi connectivity index (χ0) is 18.0. The average Bonchev–Trinajstić information content (AvgIpc) is 2.63. The van der Waals surface area contributed by atoms with Gasteiger partial charge in [0, 0.05) is 10.0 Å². The van der Waals surface area contributed by atoms with Crippen LogP contribution in [-0.2, 0) is 20.7 Å². The van der Waals surface area contributed by atoms with Gasteiger partial charge in [-0.15, -0.1) is 0 Å². The zero-order valence-corrected chi connectivity index (χ0v) is 14.9. The van der Waals surface area contributed by atoms with Gasteiger partial charge in [0.05, 0.1) is 25.8 Å². The highest BCUT2D eigenvalue weighted by Crippen LogP contribution is 2.34. The third-order valence-electron chi connectivity index (χ3n) is 3.93. The molecule has 25 heavy (non-hydrogen) atoms. The molecular formula is C18H15Cl2NO4. The van der Waals surface area contributed by atoms with Gasteiger partial charge in [0.15, 0.2) is 0 Å². The van der Waals surface area contributed by atoms with E-state index in [9.17, 15) is 9.59 Å². The highest BCUT2D eigenvalue weighted by Gasteiger charge is 2.34. The third-order valence-corrected chi connectivity index (χ3v) is 4.64. The fourth-order valence-corrected chi connectivity index (χ4v) is 3.20. The summed E-state index contributed by atoms with van der Waals surface area (Å²) in [6, 6.07) is 12.1. The monoisotopic (exact) mass is 379 g/mol. The van der Waals surface area contributed by atoms with Crippen LogP contribution < -0.4 is 9.64 Å². The number of carbonyl (C=O) groups excluding carboxylic acids is 2. The molecule has 2 aromatic rings. The lowest BCUT2D eigenvalue weighted by atomic mass is 10.1. The van der Waals surface area contributed by atoms with Gasteiger partial charge in [-0.3, -0.25) is 4.79 Å². The van der Waals surface area contributed by atoms with Gasteiger partial charge in [-0.1, -0.05) is 41.4 Å². The van der Waals surface area contributed by atoms with Crippen molar-refractivity contribution in [3.8, 4) is 5.75 Å². The Kier molecular flexibility index (Phi) is 5.16. The first-order valence-corrected chi connectivity index (χ1v) is 8.33. The van der Waals surface area contributed by atoms with Crippen LogP contribution in [-0.4, -0.2) is 31.6 Å². The van der Waals surface area contributed by atoms with Crippen molar-refractivity contribution < 1.29 is 19.1 Å². The van der Waals surface area contributed by atoms with E-state index in [4.69, 9.17) is 32.7 Å². The Morgan fingerprint density at radius 2 is 1.84 bits per heavy atom. The number of hydrogen-bond donors (Lipinski definition) is 0. The van der Waals surface area contributed by atoms with Gasteiger partial charge in [-0.2, -0.15) is 0 Å². The Labute approximate surface area is 155 Å². The van der Waals surface area contributed by atoms with Gasteiger partial charge in [-0.05, 0) is 29.8 Å². The molecular weight excluding hydrogens is 365 g/mol. The topological polar surface area (TPSA) is 55.8 Å². The van der Waals surface area contributed by atoms with Crippen molar-refractivity contribution in [2.75, 3.05) is 18.6 Å². The number of hydrogen-bond acceptors (Lipinski definition) is 4. The second-order valence-electron chi connectivity index (χ2n) is 5.48. The molecule has 1 aliphatic rings. The highest BCUT2D eigenvalue weighted by atomic mass is 35.5. The summed E-state index contributed by atoms with van der Waals surface area (Å²) in [5.41, 5.74) is 1.14. The SMILES string of the molecule is COC(=O)C1CN(C(=O)Cc2c(Cl)cccc2Cl)c2ccccc2O1. The fraction of sp³-hybridized carbons (Fsp3) is 0.222. The van der Waals surface area contributed by atoms with Crippen molar-refractivity contribution in [2.45, 2.75) is 12.5 Å². The predicted octanol–water partition coefficient (Wildman–Crippen LogP) is 3.50. The number of fused-ring (bicyclic) bond motifs is 1. The fourth-order valence-electron chi connectivity index (χ4n) is 2.67. The quantitative estimate of drug-likeness (QED) is 0.765. The van der Waals surface area contributed by atoms with E-state index in [-0.39, 0.29) is 18.9 Å². The van der Waals surface area contributed by atoms with Crippen LogP contribution in [0.1, 0.15) is 5.56 Å². The lowest BCUT2D eigenvalue weighted by Gasteiger charge is -2.33. The average molecular weight is 380 g/mol. The molecule has 1 amide bonds. The molecule has 0 aliphatic carbocycles. The largest absolute Gasteiger partial charge is 0.475 e. The lowest BCUT2D eigenvalue weighted by Crippen LogP contribution is -2.48. The van der Waals surface area contributed by atoms with Gasteiger partial charge >= 0.3 is 5.97 Å². The van der Waals surface area contributed by atoms with Crippen LogP contribution in [0.15, 0.2) is 42.5 Å². The second-order valence-corrected chi connectivity index (χ2v) is 6.29. The summed E-state index contributed by atoms with van der Waals surface area (Å²) in [5, 5.41) is 0.846. The Hall–Kier alpha value is -2.24. The van der Waals surface area contributed by atoms with Crippen LogP contribution in [0, 0.1) is 0 Å². The first-order valence-electron chi connectivity index (χ1n) is 7.58. The Balaban J connectivity index is 1.91. The van der Waals surface area contributed by atoms with E-state index >= 15 is 0 Å². The molecule has 0 bridgehead atoms. The first kappa shape index (κ1) is 17.6. The number of benzene rings is 2. The van der Waals surface area contributed by atoms with E-state index in [1.165, 1.54) is 12.0 Å². The maximum Gasteiger partial charge on any atom is 0.348 e. The Bertz CT molecular complexity index is 804. The molecule has 1 aliphatic heterocycles. The van der Waals surface area contributed by atoms with E-state index in [0.717, 1.165) is 0 Å². The molecule has 0 spiro atoms. The van der Waals surface area contributed by atoms with Crippen molar-refractivity contribution in [3.05, 3.63) is 58.1 Å². The molecule has 0 saturated heterocycles. The molecule has 0 N–H and O–H groups in total. The van der Waals surface area contributed by atoms with Gasteiger partial charge < -0.3 is 14.4 Å². The maximum absolute atomic E-state index is 12.9. The number of para-hydroxylation sites is 2. The van der Waals surface area contributed by atoms with Crippen LogP contribution in [0.25, 0.3) is 0 Å². The molecule has 5 nitrogen and oxygen atoms in total. The Morgan fingerprint density at radius 3 is 2.52 bits per heavy atom. The minimum absolute atomic E-state index is 0.0146. The number of anilines is 1. The van der Waals surface area contributed by atoms with Crippen molar-refractivity contribution in [2.24, 2.45) is 0 Å². The van der Waals surface area contributed by atoms with E-state index < -0.39 is 12.1 Å². The highest BCUT2D eigenvalue weighted by molar-refractivity contribution is 6.36. The smallest absolute Gasteiger partial charge is 0.348 e. The number of amides is 1. The molecule has 0 radical (unpaired) electrons. The lowest BCUT2D eigenvalue weighted by molar-refractivity contribution is -0.148. The molecule has 1 heterocycles. The van der Waals surface area contributed by atoms with Gasteiger partial charge in [0.25, 0.3) is 0 Å². The van der Waals surface area contributed by atoms with Gasteiger partial charge in [0.1, 0.15) is 5.75 Å². The van der Waals surface area contributed by atoms with Crippen molar-refractivity contribution in [3.63, 3.8) is 0 Å². The van der Waals surface area contributed by atoms with Crippen LogP contribution in [0.2, 0.25) is 10.0 Å². The number of methoxy groups -OCH3 is 1. The third kappa shape index (κ3) is 3.57. The summed E-state index contributed by atoms with van der Waals surface area (Å²) >= 11 is 12.3. The summed E-state index contributed by atoms with van der Waals surface area (Å²) in [5.74, 6) is -0.328. The van der Waals surface area contributed by atoms with Crippen LogP contribution in [0.4, 0.5) is 5.69 Å². The minimum Gasteiger partial charge on any atom is -0.475 e. The summed E-state index contributed by atoms with van der Waals surface area (Å²) in [7, 11) is 1.28. The molecule has 0 fully saturated rings. The number of halogens is 2. The standard InChI is InChI=1S/C18H15Cl2NO4/c1-24-18(23)16-10-21(14-7-2-3-8-15(14)25-16)17(22)9-11-12(19)5-4-6-13(11)20/h2-8,16H,9-10H2,1H3. The van der Waals surface area contributed by atoms with Crippen molar-refractivity contribution >= 4 is 40.8 Å². The number of ether oxygens (including phenoxy) is 2. The molecule has 1 unspecified atom stereocenters. The number of carbonyl (C=O) groups is 2. The van der Waals surface area contributed by atoms with Crippen molar-refractivity contribution in [1.29, 1.82) is 0 Å². The molecule has 7 heteroatoms. The maximum atomic E-state index is 12.9. The molecule has 1 atom stereocenters. The van der Waals surface area contributed by atoms with Gasteiger partial charge in [-0.25, -0.2) is 4.79 Å². The van der Waals surface area contributed by atoms with E-state index in [0.29, 0.717) is 27.0 Å². The molecule has 3 rings (SSSR count). The van der Waals surface area contributed by atoms with Gasteiger partial charge in [0.2, 0.25) is 12.0 Å². The minimum atomic E-state index is -0.884. The normalized spacial score (nSPS) is 16.0. The van der Waals surface area contributed by atoms with E-state index in [2.05, 4.69) is 0 Å². The molecule has 0 saturated carbocycles. The Morgan fingerprint density at radius 1 is 1.16 bits per heavy atom. The molecule has 130 valence electrons. The van der Waals surface area contributed by atoms with Crippen LogP contribution in [0.5, 0.6) is 5.75 Å². The second kappa shape index (κ2) is 7.33. The van der Waals surface area contributed by atoms with E-state index in [1.54, 1.807) is 42.5 Å².